The first kappa shape index (κ1) is 25.6. The van der Waals surface area contributed by atoms with Crippen molar-refractivity contribution in [2.45, 2.75) is 25.8 Å². The molecule has 7 nitrogen and oxygen atoms in total. The Balaban J connectivity index is 2.91. The van der Waals surface area contributed by atoms with Crippen molar-refractivity contribution < 1.29 is 39.7 Å². The number of aromatic nitrogens is 1. The van der Waals surface area contributed by atoms with Gasteiger partial charge in [0.2, 0.25) is 0 Å². The molecule has 0 saturated carbocycles. The molecule has 0 aliphatic heterocycles. The number of ether oxygens (including phenoxy) is 1. The summed E-state index contributed by atoms with van der Waals surface area (Å²) in [6, 6.07) is 2.31. The van der Waals surface area contributed by atoms with Crippen LogP contribution in [0.4, 0.5) is 17.6 Å². The summed E-state index contributed by atoms with van der Waals surface area (Å²) in [5.41, 5.74) is -7.95. The van der Waals surface area contributed by atoms with Gasteiger partial charge in [-0.15, -0.1) is 0 Å². The lowest BCUT2D eigenvalue weighted by molar-refractivity contribution is -0.0500. The Bertz CT molecular complexity index is 1200. The summed E-state index contributed by atoms with van der Waals surface area (Å²) in [7, 11) is -6.19. The molecule has 0 amide bonds. The number of alkyl halides is 3. The zero-order valence-electron chi connectivity index (χ0n) is 15.7. The van der Waals surface area contributed by atoms with E-state index >= 15 is 0 Å². The van der Waals surface area contributed by atoms with Gasteiger partial charge in [0, 0.05) is 10.7 Å². The van der Waals surface area contributed by atoms with E-state index in [9.17, 15) is 35.6 Å². The van der Waals surface area contributed by atoms with E-state index in [1.165, 1.54) is 19.9 Å². The van der Waals surface area contributed by atoms with Crippen LogP contribution in [0.1, 0.15) is 29.8 Å². The number of esters is 1. The quantitative estimate of drug-likeness (QED) is 0.117. The Morgan fingerprint density at radius 2 is 1.87 bits per heavy atom. The van der Waals surface area contributed by atoms with Gasteiger partial charge in [-0.25, -0.2) is 9.18 Å². The Morgan fingerprint density at radius 3 is 2.39 bits per heavy atom. The van der Waals surface area contributed by atoms with E-state index in [4.69, 9.17) is 4.74 Å². The lowest BCUT2D eigenvalue weighted by Gasteiger charge is -2.18. The molecule has 0 radical (unpaired) electrons. The number of halogens is 6. The van der Waals surface area contributed by atoms with Crippen molar-refractivity contribution in [3.05, 3.63) is 53.7 Å². The van der Waals surface area contributed by atoms with Crippen LogP contribution in [0.5, 0.6) is 5.75 Å². The Labute approximate surface area is 195 Å². The molecular weight excluding hydrogens is 629 g/mol. The van der Waals surface area contributed by atoms with E-state index in [-0.39, 0.29) is 26.8 Å². The molecule has 0 fully saturated rings. The molecule has 1 heterocycles. The van der Waals surface area contributed by atoms with Crippen LogP contribution >= 0.6 is 38.5 Å². The third-order valence-electron chi connectivity index (χ3n) is 3.83. The van der Waals surface area contributed by atoms with Gasteiger partial charge >= 0.3 is 21.6 Å². The van der Waals surface area contributed by atoms with Gasteiger partial charge in [-0.1, -0.05) is 6.92 Å². The first-order chi connectivity index (χ1) is 14.2. The SMILES string of the molecule is CCOC(=O)c1cn(-c2cc(I)c(F)cc2Br)c(=O)c(CC)c1OS(=O)(=O)C(F)(F)F. The van der Waals surface area contributed by atoms with Crippen molar-refractivity contribution >= 4 is 54.6 Å². The first-order valence-electron chi connectivity index (χ1n) is 8.36. The molecule has 14 heteroatoms. The number of nitrogens with zero attached hydrogens (tertiary/aromatic N) is 1. The zero-order valence-corrected chi connectivity index (χ0v) is 20.3. The summed E-state index contributed by atoms with van der Waals surface area (Å²) in [4.78, 5) is 25.4. The van der Waals surface area contributed by atoms with Crippen LogP contribution in [0.2, 0.25) is 0 Å². The molecule has 1 aromatic heterocycles. The molecule has 0 atom stereocenters. The molecule has 0 spiro atoms. The highest BCUT2D eigenvalue weighted by atomic mass is 127. The van der Waals surface area contributed by atoms with E-state index < -0.39 is 49.8 Å². The largest absolute Gasteiger partial charge is 0.534 e. The minimum atomic E-state index is -6.19. The molecule has 31 heavy (non-hydrogen) atoms. The van der Waals surface area contributed by atoms with Crippen LogP contribution in [0, 0.1) is 9.39 Å². The molecule has 0 N–H and O–H groups in total. The van der Waals surface area contributed by atoms with Crippen LogP contribution < -0.4 is 9.74 Å². The van der Waals surface area contributed by atoms with E-state index in [1.807, 2.05) is 0 Å². The highest BCUT2D eigenvalue weighted by Gasteiger charge is 2.49. The van der Waals surface area contributed by atoms with E-state index in [0.29, 0.717) is 0 Å². The van der Waals surface area contributed by atoms with E-state index in [0.717, 1.165) is 16.8 Å². The minimum Gasteiger partial charge on any atom is -0.462 e. The topological polar surface area (TPSA) is 91.7 Å². The van der Waals surface area contributed by atoms with Gasteiger partial charge in [0.25, 0.3) is 5.56 Å². The molecule has 170 valence electrons. The first-order valence-corrected chi connectivity index (χ1v) is 11.6. The number of rotatable bonds is 6. The standard InChI is InChI=1S/C17H13BrF4INO6S/c1-3-8-14(30-31(27,28)17(20,21)22)9(16(26)29-4-2)7-24(15(8)25)13-6-12(23)11(19)5-10(13)18/h5-7H,3-4H2,1-2H3. The van der Waals surface area contributed by atoms with Crippen molar-refractivity contribution in [1.29, 1.82) is 0 Å². The Morgan fingerprint density at radius 1 is 1.26 bits per heavy atom. The fraction of sp³-hybridized carbons (Fsp3) is 0.294. The Hall–Kier alpha value is -1.68. The maximum absolute atomic E-state index is 13.8. The minimum absolute atomic E-state index is 0.0567. The summed E-state index contributed by atoms with van der Waals surface area (Å²) in [5.74, 6) is -2.90. The van der Waals surface area contributed by atoms with Gasteiger partial charge < -0.3 is 8.92 Å². The smallest absolute Gasteiger partial charge is 0.462 e. The van der Waals surface area contributed by atoms with Gasteiger partial charge in [-0.3, -0.25) is 9.36 Å². The summed E-state index contributed by atoms with van der Waals surface area (Å²) >= 11 is 4.75. The maximum atomic E-state index is 13.8. The van der Waals surface area contributed by atoms with Crippen molar-refractivity contribution in [3.8, 4) is 11.4 Å². The normalized spacial score (nSPS) is 12.0. The second-order valence-corrected chi connectivity index (χ2v) is 9.35. The average Bonchev–Trinajstić information content (AvgIpc) is 2.64. The van der Waals surface area contributed by atoms with Gasteiger partial charge in [-0.2, -0.15) is 21.6 Å². The van der Waals surface area contributed by atoms with Crippen LogP contribution in [0.25, 0.3) is 5.69 Å². The summed E-state index contributed by atoms with van der Waals surface area (Å²) in [6.45, 7) is 2.58. The molecule has 0 aliphatic rings. The van der Waals surface area contributed by atoms with E-state index in [2.05, 4.69) is 20.1 Å². The maximum Gasteiger partial charge on any atom is 0.534 e. The number of hydrogen-bond acceptors (Lipinski definition) is 6. The van der Waals surface area contributed by atoms with Crippen molar-refractivity contribution in [2.75, 3.05) is 6.61 Å². The third kappa shape index (κ3) is 5.22. The number of hydrogen-bond donors (Lipinski definition) is 0. The van der Waals surface area contributed by atoms with E-state index in [1.54, 1.807) is 22.6 Å². The number of benzene rings is 1. The van der Waals surface area contributed by atoms with Crippen LogP contribution in [-0.2, 0) is 21.3 Å². The van der Waals surface area contributed by atoms with Gasteiger partial charge in [-0.05, 0) is 64.0 Å². The second-order valence-electron chi connectivity index (χ2n) is 5.80. The molecule has 0 saturated heterocycles. The van der Waals surface area contributed by atoms with Crippen molar-refractivity contribution in [2.24, 2.45) is 0 Å². The summed E-state index contributed by atoms with van der Waals surface area (Å²) in [5, 5.41) is 0. The highest BCUT2D eigenvalue weighted by molar-refractivity contribution is 14.1. The average molecular weight is 642 g/mol. The van der Waals surface area contributed by atoms with Gasteiger partial charge in [0.15, 0.2) is 5.75 Å². The molecule has 2 aromatic rings. The molecular formula is C17H13BrF4INO6S. The van der Waals surface area contributed by atoms with Crippen LogP contribution in [-0.4, -0.2) is 31.1 Å². The van der Waals surface area contributed by atoms with Crippen molar-refractivity contribution in [1.82, 2.24) is 4.57 Å². The fourth-order valence-corrected chi connectivity index (χ4v) is 3.91. The van der Waals surface area contributed by atoms with Crippen LogP contribution in [0.3, 0.4) is 0 Å². The fourth-order valence-electron chi connectivity index (χ4n) is 2.45. The summed E-state index contributed by atoms with van der Waals surface area (Å²) in [6.07, 6.45) is 0.499. The predicted molar refractivity (Wildman–Crippen MR) is 113 cm³/mol. The number of carbonyl (C=O) groups is 1. The van der Waals surface area contributed by atoms with Crippen LogP contribution in [0.15, 0.2) is 27.6 Å². The molecule has 0 aliphatic carbocycles. The predicted octanol–water partition coefficient (Wildman–Crippen LogP) is 4.31. The summed E-state index contributed by atoms with van der Waals surface area (Å²) < 4.78 is 85.6. The molecule has 2 rings (SSSR count). The van der Waals surface area contributed by atoms with Crippen molar-refractivity contribution in [3.63, 3.8) is 0 Å². The highest BCUT2D eigenvalue weighted by Crippen LogP contribution is 2.33. The lowest BCUT2D eigenvalue weighted by atomic mass is 10.1. The monoisotopic (exact) mass is 641 g/mol. The second kappa shape index (κ2) is 9.44. The third-order valence-corrected chi connectivity index (χ3v) is 6.24. The number of pyridine rings is 1. The molecule has 1 aromatic carbocycles. The van der Waals surface area contributed by atoms with Gasteiger partial charge in [0.05, 0.1) is 21.4 Å². The number of carbonyl (C=O) groups excluding carboxylic acids is 1. The molecule has 0 bridgehead atoms. The lowest BCUT2D eigenvalue weighted by Crippen LogP contribution is -2.32. The van der Waals surface area contributed by atoms with Gasteiger partial charge in [0.1, 0.15) is 11.4 Å². The Kier molecular flexibility index (Phi) is 7.79. The molecule has 0 unspecified atom stereocenters. The zero-order chi connectivity index (χ0) is 23.7.